The summed E-state index contributed by atoms with van der Waals surface area (Å²) in [4.78, 5) is 9.59. The number of carboxylic acids is 1. The third-order valence-electron chi connectivity index (χ3n) is 0.347. The molecule has 0 heterocycles. The first-order valence-electron chi connectivity index (χ1n) is 1.69. The van der Waals surface area contributed by atoms with E-state index in [-0.39, 0.29) is 12.4 Å². The van der Waals surface area contributed by atoms with E-state index in [9.17, 15) is 4.79 Å². The highest BCUT2D eigenvalue weighted by atomic mass is 35.5. The summed E-state index contributed by atoms with van der Waals surface area (Å²) in [6, 6.07) is 0. The monoisotopic (exact) mass is 138 g/mol. The number of hydrogen-bond acceptors (Lipinski definition) is 2. The largest absolute Gasteiger partial charge is 0.504 e. The number of carbonyl (C=O) groups is 1. The lowest BCUT2D eigenvalue weighted by Gasteiger charge is -1.79. The van der Waals surface area contributed by atoms with Gasteiger partial charge in [0.25, 0.3) is 0 Å². The highest BCUT2D eigenvalue weighted by molar-refractivity contribution is 5.85. The van der Waals surface area contributed by atoms with Gasteiger partial charge in [0.2, 0.25) is 0 Å². The lowest BCUT2D eigenvalue weighted by Crippen LogP contribution is -1.85. The Bertz CT molecular complexity index is 89.3. The molecule has 0 aromatic carbocycles. The molecule has 0 unspecified atom stereocenters. The second kappa shape index (κ2) is 6.30. The van der Waals surface area contributed by atoms with Crippen LogP contribution in [0.1, 0.15) is 0 Å². The second-order valence-electron chi connectivity index (χ2n) is 0.877. The summed E-state index contributed by atoms with van der Waals surface area (Å²) in [7, 11) is 1.39. The van der Waals surface area contributed by atoms with Crippen molar-refractivity contribution >= 4 is 18.4 Å². The topological polar surface area (TPSA) is 46.5 Å². The smallest absolute Gasteiger partial charge is 0.331 e. The van der Waals surface area contributed by atoms with E-state index in [0.717, 1.165) is 12.3 Å². The Morgan fingerprint density at radius 2 is 2.25 bits per heavy atom. The van der Waals surface area contributed by atoms with Gasteiger partial charge in [-0.2, -0.15) is 0 Å². The molecule has 8 heavy (non-hydrogen) atoms. The predicted molar refractivity (Wildman–Crippen MR) is 31.0 cm³/mol. The summed E-state index contributed by atoms with van der Waals surface area (Å²) in [5, 5.41) is 7.88. The van der Waals surface area contributed by atoms with Gasteiger partial charge < -0.3 is 9.84 Å². The molecule has 0 saturated carbocycles. The molecule has 48 valence electrons. The third-order valence-corrected chi connectivity index (χ3v) is 0.347. The normalized spacial score (nSPS) is 8.12. The molecule has 1 N–H and O–H groups in total. The molecule has 0 spiro atoms. The lowest BCUT2D eigenvalue weighted by atomic mass is 10.7. The minimum absolute atomic E-state index is 0. The molecule has 0 aromatic heterocycles. The summed E-state index contributed by atoms with van der Waals surface area (Å²) >= 11 is 0. The van der Waals surface area contributed by atoms with Crippen LogP contribution in [0.25, 0.3) is 0 Å². The maximum atomic E-state index is 9.59. The molecule has 0 radical (unpaired) electrons. The molecule has 0 fully saturated rings. The van der Waals surface area contributed by atoms with Gasteiger partial charge in [-0.05, 0) is 0 Å². The fourth-order valence-electron chi connectivity index (χ4n) is 0.126. The van der Waals surface area contributed by atoms with E-state index in [1.54, 1.807) is 0 Å². The average Bonchev–Trinajstić information content (AvgIpc) is 1.61. The standard InChI is InChI=1S/C4H6O3.ClH/c1-7-3-2-4(5)6;/h2-3H,1H3,(H,5,6);1H. The predicted octanol–water partition coefficient (Wildman–Crippen LogP) is 0.653. The molecular formula is C4H7ClO3. The number of rotatable bonds is 2. The first-order valence-corrected chi connectivity index (χ1v) is 1.69. The van der Waals surface area contributed by atoms with Crippen LogP contribution in [-0.4, -0.2) is 18.2 Å². The number of methoxy groups -OCH3 is 1. The summed E-state index contributed by atoms with van der Waals surface area (Å²) in [5.74, 6) is -0.998. The van der Waals surface area contributed by atoms with Crippen LogP contribution in [0.5, 0.6) is 0 Å². The molecule has 0 atom stereocenters. The van der Waals surface area contributed by atoms with Crippen LogP contribution in [-0.2, 0) is 9.53 Å². The number of halogens is 1. The molecule has 0 aliphatic carbocycles. The minimum atomic E-state index is -0.998. The highest BCUT2D eigenvalue weighted by Gasteiger charge is 1.80. The maximum absolute atomic E-state index is 9.59. The maximum Gasteiger partial charge on any atom is 0.331 e. The molecule has 0 aliphatic heterocycles. The molecule has 0 amide bonds. The van der Waals surface area contributed by atoms with Crippen molar-refractivity contribution in [2.24, 2.45) is 0 Å². The van der Waals surface area contributed by atoms with Gasteiger partial charge in [-0.25, -0.2) is 4.79 Å². The molecule has 0 saturated heterocycles. The number of carboxylic acid groups (broad SMARTS) is 1. The number of hydrogen-bond donors (Lipinski definition) is 1. The van der Waals surface area contributed by atoms with Crippen molar-refractivity contribution in [3.8, 4) is 0 Å². The molecule has 0 aromatic rings. The van der Waals surface area contributed by atoms with Crippen molar-refractivity contribution in [1.82, 2.24) is 0 Å². The summed E-state index contributed by atoms with van der Waals surface area (Å²) < 4.78 is 4.29. The van der Waals surface area contributed by atoms with E-state index in [1.165, 1.54) is 7.11 Å². The fourth-order valence-corrected chi connectivity index (χ4v) is 0.126. The summed E-state index contributed by atoms with van der Waals surface area (Å²) in [6.45, 7) is 0. The van der Waals surface area contributed by atoms with Gasteiger partial charge in [-0.1, -0.05) is 0 Å². The van der Waals surface area contributed by atoms with Gasteiger partial charge in [-0.3, -0.25) is 0 Å². The van der Waals surface area contributed by atoms with Crippen molar-refractivity contribution < 1.29 is 14.6 Å². The van der Waals surface area contributed by atoms with Crippen LogP contribution in [0.4, 0.5) is 0 Å². The van der Waals surface area contributed by atoms with Crippen LogP contribution in [0.15, 0.2) is 12.3 Å². The Balaban J connectivity index is 0. The van der Waals surface area contributed by atoms with E-state index in [1.807, 2.05) is 0 Å². The van der Waals surface area contributed by atoms with E-state index in [4.69, 9.17) is 5.11 Å². The van der Waals surface area contributed by atoms with Crippen LogP contribution >= 0.6 is 12.4 Å². The minimum Gasteiger partial charge on any atom is -0.504 e. The average molecular weight is 139 g/mol. The third kappa shape index (κ3) is 9.00. The quantitative estimate of drug-likeness (QED) is 0.450. The van der Waals surface area contributed by atoms with Crippen molar-refractivity contribution in [3.63, 3.8) is 0 Å². The van der Waals surface area contributed by atoms with E-state index < -0.39 is 5.97 Å². The van der Waals surface area contributed by atoms with E-state index >= 15 is 0 Å². The van der Waals surface area contributed by atoms with Gasteiger partial charge in [0.1, 0.15) is 0 Å². The van der Waals surface area contributed by atoms with E-state index in [0.29, 0.717) is 0 Å². The van der Waals surface area contributed by atoms with Crippen molar-refractivity contribution in [2.75, 3.05) is 7.11 Å². The van der Waals surface area contributed by atoms with Crippen LogP contribution in [0.2, 0.25) is 0 Å². The summed E-state index contributed by atoms with van der Waals surface area (Å²) in [5.41, 5.74) is 0. The Labute approximate surface area is 53.4 Å². The van der Waals surface area contributed by atoms with Crippen molar-refractivity contribution in [3.05, 3.63) is 12.3 Å². The van der Waals surface area contributed by atoms with Gasteiger partial charge >= 0.3 is 5.97 Å². The zero-order chi connectivity index (χ0) is 5.70. The van der Waals surface area contributed by atoms with Crippen LogP contribution in [0.3, 0.4) is 0 Å². The molecule has 0 rings (SSSR count). The highest BCUT2D eigenvalue weighted by Crippen LogP contribution is 1.69. The van der Waals surface area contributed by atoms with Gasteiger partial charge in [0, 0.05) is 0 Å². The Hall–Kier alpha value is -0.700. The Morgan fingerprint density at radius 3 is 2.38 bits per heavy atom. The van der Waals surface area contributed by atoms with Gasteiger partial charge in [0.15, 0.2) is 0 Å². The molecule has 0 bridgehead atoms. The fraction of sp³-hybridized carbons (Fsp3) is 0.250. The van der Waals surface area contributed by atoms with E-state index in [2.05, 4.69) is 4.74 Å². The molecule has 3 nitrogen and oxygen atoms in total. The van der Waals surface area contributed by atoms with Gasteiger partial charge in [0.05, 0.1) is 19.4 Å². The first kappa shape index (κ1) is 10.3. The zero-order valence-electron chi connectivity index (χ0n) is 4.33. The lowest BCUT2D eigenvalue weighted by molar-refractivity contribution is -0.131. The second-order valence-corrected chi connectivity index (χ2v) is 0.877. The Kier molecular flexibility index (Phi) is 8.12. The molecular weight excluding hydrogens is 131 g/mol. The van der Waals surface area contributed by atoms with Crippen molar-refractivity contribution in [2.45, 2.75) is 0 Å². The number of ether oxygens (including phenoxy) is 1. The SMILES string of the molecule is COC=CC(=O)O.Cl. The zero-order valence-corrected chi connectivity index (χ0v) is 5.14. The first-order chi connectivity index (χ1) is 3.27. The van der Waals surface area contributed by atoms with Gasteiger partial charge in [-0.15, -0.1) is 12.4 Å². The summed E-state index contributed by atoms with van der Waals surface area (Å²) in [6.07, 6.45) is 2.02. The van der Waals surface area contributed by atoms with Crippen LogP contribution in [0, 0.1) is 0 Å². The Morgan fingerprint density at radius 1 is 1.75 bits per heavy atom. The van der Waals surface area contributed by atoms with Crippen LogP contribution < -0.4 is 0 Å². The van der Waals surface area contributed by atoms with Crippen molar-refractivity contribution in [1.29, 1.82) is 0 Å². The number of aliphatic carboxylic acids is 1. The molecule has 4 heteroatoms. The molecule has 0 aliphatic rings.